The van der Waals surface area contributed by atoms with E-state index in [1.54, 1.807) is 14.2 Å². The van der Waals surface area contributed by atoms with Gasteiger partial charge in [-0.15, -0.1) is 5.10 Å². The molecule has 106 valence electrons. The molecule has 0 aliphatic rings. The highest BCUT2D eigenvalue weighted by Gasteiger charge is 2.17. The van der Waals surface area contributed by atoms with Crippen LogP contribution >= 0.6 is 15.9 Å². The van der Waals surface area contributed by atoms with Gasteiger partial charge in [0.15, 0.2) is 0 Å². The van der Waals surface area contributed by atoms with Gasteiger partial charge in [0, 0.05) is 23.6 Å². The Bertz CT molecular complexity index is 628. The van der Waals surface area contributed by atoms with Gasteiger partial charge < -0.3 is 15.4 Å². The van der Waals surface area contributed by atoms with Crippen molar-refractivity contribution in [2.45, 2.75) is 6.54 Å². The minimum atomic E-state index is -0.295. The van der Waals surface area contributed by atoms with Crippen molar-refractivity contribution in [1.82, 2.24) is 20.1 Å². The molecule has 0 radical (unpaired) electrons. The summed E-state index contributed by atoms with van der Waals surface area (Å²) in [5.41, 5.74) is 6.26. The minimum Gasteiger partial charge on any atom is -0.496 e. The van der Waals surface area contributed by atoms with Gasteiger partial charge in [-0.2, -0.15) is 4.98 Å². The number of hydrogen-bond donors (Lipinski definition) is 2. The molecule has 0 saturated carbocycles. The molecule has 0 aliphatic heterocycles. The van der Waals surface area contributed by atoms with Crippen LogP contribution in [0.3, 0.4) is 0 Å². The van der Waals surface area contributed by atoms with Crippen molar-refractivity contribution in [3.8, 4) is 5.75 Å². The molecule has 0 unspecified atom stereocenters. The van der Waals surface area contributed by atoms with Crippen LogP contribution in [-0.4, -0.2) is 40.1 Å². The molecule has 1 aromatic heterocycles. The molecular weight excluding hydrogens is 326 g/mol. The molecule has 2 rings (SSSR count). The lowest BCUT2D eigenvalue weighted by atomic mass is 10.2. The Kier molecular flexibility index (Phi) is 4.23. The molecule has 7 nitrogen and oxygen atoms in total. The quantitative estimate of drug-likeness (QED) is 0.878. The van der Waals surface area contributed by atoms with Gasteiger partial charge >= 0.3 is 0 Å². The van der Waals surface area contributed by atoms with Crippen LogP contribution in [0.5, 0.6) is 5.75 Å². The third-order valence-electron chi connectivity index (χ3n) is 2.70. The highest BCUT2D eigenvalue weighted by Crippen LogP contribution is 2.24. The molecule has 0 bridgehead atoms. The molecule has 20 heavy (non-hydrogen) atoms. The first kappa shape index (κ1) is 14.3. The van der Waals surface area contributed by atoms with E-state index >= 15 is 0 Å². The largest absolute Gasteiger partial charge is 0.496 e. The molecule has 1 aromatic carbocycles. The summed E-state index contributed by atoms with van der Waals surface area (Å²) in [5.74, 6) is 0.571. The standard InChI is InChI=1S/C12H14BrN5O2/c1-18(11(19)10-15-12(14)17-16-10)6-7-5-8(13)3-4-9(7)20-2/h3-5H,6H2,1-2H3,(H3,14,15,16,17). The van der Waals surface area contributed by atoms with E-state index in [0.29, 0.717) is 12.3 Å². The van der Waals surface area contributed by atoms with Crippen molar-refractivity contribution < 1.29 is 9.53 Å². The normalized spacial score (nSPS) is 10.3. The average molecular weight is 340 g/mol. The zero-order chi connectivity index (χ0) is 14.7. The number of hydrogen-bond acceptors (Lipinski definition) is 5. The average Bonchev–Trinajstić information content (AvgIpc) is 2.84. The van der Waals surface area contributed by atoms with Crippen molar-refractivity contribution in [1.29, 1.82) is 0 Å². The van der Waals surface area contributed by atoms with E-state index in [1.807, 2.05) is 18.2 Å². The Morgan fingerprint density at radius 3 is 2.90 bits per heavy atom. The highest BCUT2D eigenvalue weighted by atomic mass is 79.9. The van der Waals surface area contributed by atoms with E-state index in [0.717, 1.165) is 10.0 Å². The van der Waals surface area contributed by atoms with Crippen LogP contribution in [0.2, 0.25) is 0 Å². The summed E-state index contributed by atoms with van der Waals surface area (Å²) in [6.45, 7) is 0.377. The molecule has 0 spiro atoms. The summed E-state index contributed by atoms with van der Waals surface area (Å²) in [7, 11) is 3.26. The lowest BCUT2D eigenvalue weighted by Gasteiger charge is -2.17. The molecule has 0 aliphatic carbocycles. The number of carbonyl (C=O) groups is 1. The second-order valence-electron chi connectivity index (χ2n) is 4.16. The highest BCUT2D eigenvalue weighted by molar-refractivity contribution is 9.10. The fourth-order valence-electron chi connectivity index (χ4n) is 1.75. The van der Waals surface area contributed by atoms with E-state index in [9.17, 15) is 4.79 Å². The number of halogens is 1. The predicted octanol–water partition coefficient (Wildman–Crippen LogP) is 1.43. The number of nitrogens with zero attached hydrogens (tertiary/aromatic N) is 3. The summed E-state index contributed by atoms with van der Waals surface area (Å²) >= 11 is 3.40. The maximum absolute atomic E-state index is 12.1. The first-order valence-electron chi connectivity index (χ1n) is 5.77. The van der Waals surface area contributed by atoms with Crippen LogP contribution < -0.4 is 10.5 Å². The van der Waals surface area contributed by atoms with Crippen LogP contribution in [0, 0.1) is 0 Å². The number of nitrogen functional groups attached to an aromatic ring is 1. The number of methoxy groups -OCH3 is 1. The molecule has 1 heterocycles. The maximum atomic E-state index is 12.1. The summed E-state index contributed by atoms with van der Waals surface area (Å²) in [6, 6.07) is 5.61. The predicted molar refractivity (Wildman–Crippen MR) is 77.3 cm³/mol. The SMILES string of the molecule is COc1ccc(Br)cc1CN(C)C(=O)c1nc(N)n[nH]1. The number of aromatic amines is 1. The molecule has 0 atom stereocenters. The Balaban J connectivity index is 2.17. The molecule has 8 heteroatoms. The van der Waals surface area contributed by atoms with Crippen molar-refractivity contribution >= 4 is 27.8 Å². The number of H-pyrrole nitrogens is 1. The second kappa shape index (κ2) is 5.91. The van der Waals surface area contributed by atoms with Crippen LogP contribution in [0.4, 0.5) is 5.95 Å². The van der Waals surface area contributed by atoms with Gasteiger partial charge in [0.05, 0.1) is 7.11 Å². The lowest BCUT2D eigenvalue weighted by Crippen LogP contribution is -2.27. The second-order valence-corrected chi connectivity index (χ2v) is 5.08. The maximum Gasteiger partial charge on any atom is 0.291 e. The summed E-state index contributed by atoms with van der Waals surface area (Å²) in [4.78, 5) is 17.4. The van der Waals surface area contributed by atoms with Gasteiger partial charge in [-0.3, -0.25) is 9.89 Å². The van der Waals surface area contributed by atoms with Gasteiger partial charge in [0.1, 0.15) is 5.75 Å². The number of aromatic nitrogens is 3. The molecule has 0 saturated heterocycles. The summed E-state index contributed by atoms with van der Waals surface area (Å²) in [6.07, 6.45) is 0. The third kappa shape index (κ3) is 3.08. The van der Waals surface area contributed by atoms with E-state index in [4.69, 9.17) is 10.5 Å². The Morgan fingerprint density at radius 2 is 2.30 bits per heavy atom. The van der Waals surface area contributed by atoms with E-state index in [1.165, 1.54) is 4.90 Å². The van der Waals surface area contributed by atoms with Crippen LogP contribution in [0.15, 0.2) is 22.7 Å². The van der Waals surface area contributed by atoms with Gasteiger partial charge in [0.25, 0.3) is 5.91 Å². The molecule has 3 N–H and O–H groups in total. The third-order valence-corrected chi connectivity index (χ3v) is 3.20. The Hall–Kier alpha value is -2.09. The van der Waals surface area contributed by atoms with Gasteiger partial charge in [-0.25, -0.2) is 0 Å². The topological polar surface area (TPSA) is 97.1 Å². The number of nitrogens with one attached hydrogen (secondary N) is 1. The Labute approximate surface area is 124 Å². The van der Waals surface area contributed by atoms with E-state index in [-0.39, 0.29) is 17.7 Å². The monoisotopic (exact) mass is 339 g/mol. The van der Waals surface area contributed by atoms with Gasteiger partial charge in [-0.1, -0.05) is 15.9 Å². The summed E-state index contributed by atoms with van der Waals surface area (Å²) < 4.78 is 6.19. The van der Waals surface area contributed by atoms with Crippen LogP contribution in [-0.2, 0) is 6.54 Å². The van der Waals surface area contributed by atoms with Gasteiger partial charge in [0.2, 0.25) is 11.8 Å². The number of nitrogens with two attached hydrogens (primary N) is 1. The minimum absolute atomic E-state index is 0.0433. The zero-order valence-corrected chi connectivity index (χ0v) is 12.6. The van der Waals surface area contributed by atoms with Crippen LogP contribution in [0.25, 0.3) is 0 Å². The van der Waals surface area contributed by atoms with Crippen molar-refractivity contribution in [3.05, 3.63) is 34.1 Å². The number of benzene rings is 1. The van der Waals surface area contributed by atoms with Crippen molar-refractivity contribution in [2.75, 3.05) is 19.9 Å². The first-order valence-corrected chi connectivity index (χ1v) is 6.56. The van der Waals surface area contributed by atoms with E-state index < -0.39 is 0 Å². The lowest BCUT2D eigenvalue weighted by molar-refractivity contribution is 0.0772. The summed E-state index contributed by atoms with van der Waals surface area (Å²) in [5, 5.41) is 6.13. The molecule has 1 amide bonds. The fraction of sp³-hybridized carbons (Fsp3) is 0.250. The van der Waals surface area contributed by atoms with E-state index in [2.05, 4.69) is 31.1 Å². The molecular formula is C12H14BrN5O2. The zero-order valence-electron chi connectivity index (χ0n) is 11.1. The number of ether oxygens (including phenoxy) is 1. The van der Waals surface area contributed by atoms with Crippen LogP contribution in [0.1, 0.15) is 16.2 Å². The number of anilines is 1. The number of rotatable bonds is 4. The fourth-order valence-corrected chi connectivity index (χ4v) is 2.16. The van der Waals surface area contributed by atoms with Crippen molar-refractivity contribution in [2.24, 2.45) is 0 Å². The number of carbonyl (C=O) groups excluding carboxylic acids is 1. The molecule has 2 aromatic rings. The number of amides is 1. The van der Waals surface area contributed by atoms with Crippen molar-refractivity contribution in [3.63, 3.8) is 0 Å². The first-order chi connectivity index (χ1) is 9.51. The molecule has 0 fully saturated rings. The smallest absolute Gasteiger partial charge is 0.291 e. The Morgan fingerprint density at radius 1 is 1.55 bits per heavy atom. The van der Waals surface area contributed by atoms with Gasteiger partial charge in [-0.05, 0) is 18.2 Å².